The summed E-state index contributed by atoms with van der Waals surface area (Å²) in [5, 5.41) is 7.06. The van der Waals surface area contributed by atoms with E-state index >= 15 is 0 Å². The number of rotatable bonds is 6. The van der Waals surface area contributed by atoms with Gasteiger partial charge in [-0.2, -0.15) is 0 Å². The summed E-state index contributed by atoms with van der Waals surface area (Å²) in [6, 6.07) is 0. The fourth-order valence-electron chi connectivity index (χ4n) is 3.14. The van der Waals surface area contributed by atoms with Crippen molar-refractivity contribution in [2.75, 3.05) is 32.8 Å². The molecule has 3 heteroatoms. The number of piperidine rings is 1. The molecule has 17 heavy (non-hydrogen) atoms. The molecule has 3 nitrogen and oxygen atoms in total. The van der Waals surface area contributed by atoms with E-state index in [1.165, 1.54) is 51.7 Å². The molecule has 0 bridgehead atoms. The molecule has 2 rings (SSSR count). The minimum absolute atomic E-state index is 0.515. The smallest absolute Gasteiger partial charge is 0.0613 e. The first-order chi connectivity index (χ1) is 8.40. The summed E-state index contributed by atoms with van der Waals surface area (Å²) in [6.45, 7) is 8.00. The Bertz CT molecular complexity index is 204. The first kappa shape index (κ1) is 13.3. The van der Waals surface area contributed by atoms with Crippen LogP contribution in [-0.4, -0.2) is 38.9 Å². The fourth-order valence-corrected chi connectivity index (χ4v) is 3.14. The van der Waals surface area contributed by atoms with Crippen LogP contribution in [0.3, 0.4) is 0 Å². The van der Waals surface area contributed by atoms with E-state index in [-0.39, 0.29) is 0 Å². The minimum Gasteiger partial charge on any atom is -0.378 e. The maximum absolute atomic E-state index is 5.71. The summed E-state index contributed by atoms with van der Waals surface area (Å²) < 4.78 is 5.71. The van der Waals surface area contributed by atoms with Gasteiger partial charge in [0.2, 0.25) is 0 Å². The van der Waals surface area contributed by atoms with Gasteiger partial charge in [0, 0.05) is 13.2 Å². The second-order valence-corrected chi connectivity index (χ2v) is 5.55. The van der Waals surface area contributed by atoms with Gasteiger partial charge in [-0.1, -0.05) is 6.92 Å². The van der Waals surface area contributed by atoms with Crippen molar-refractivity contribution in [1.29, 1.82) is 0 Å². The second kappa shape index (κ2) is 7.34. The molecule has 2 N–H and O–H groups in total. The average Bonchev–Trinajstić information content (AvgIpc) is 2.83. The monoisotopic (exact) mass is 240 g/mol. The predicted molar refractivity (Wildman–Crippen MR) is 71.2 cm³/mol. The topological polar surface area (TPSA) is 33.3 Å². The Morgan fingerprint density at radius 3 is 2.82 bits per heavy atom. The van der Waals surface area contributed by atoms with Crippen molar-refractivity contribution in [3.8, 4) is 0 Å². The molecular formula is C14H28N2O. The van der Waals surface area contributed by atoms with Crippen LogP contribution in [0.5, 0.6) is 0 Å². The molecule has 2 fully saturated rings. The second-order valence-electron chi connectivity index (χ2n) is 5.55. The lowest BCUT2D eigenvalue weighted by Crippen LogP contribution is -2.32. The van der Waals surface area contributed by atoms with E-state index < -0.39 is 0 Å². The summed E-state index contributed by atoms with van der Waals surface area (Å²) in [6.07, 6.45) is 7.02. The Balaban J connectivity index is 1.53. The number of hydrogen-bond donors (Lipinski definition) is 2. The zero-order valence-corrected chi connectivity index (χ0v) is 11.2. The van der Waals surface area contributed by atoms with Gasteiger partial charge in [-0.3, -0.25) is 0 Å². The summed E-state index contributed by atoms with van der Waals surface area (Å²) >= 11 is 0. The number of nitrogens with one attached hydrogen (secondary N) is 2. The maximum atomic E-state index is 5.71. The van der Waals surface area contributed by atoms with Crippen LogP contribution >= 0.6 is 0 Å². The van der Waals surface area contributed by atoms with E-state index in [0.717, 1.165) is 25.0 Å². The lowest BCUT2D eigenvalue weighted by Gasteiger charge is -2.23. The summed E-state index contributed by atoms with van der Waals surface area (Å²) in [7, 11) is 0. The third kappa shape index (κ3) is 4.23. The third-order valence-corrected chi connectivity index (χ3v) is 4.34. The molecule has 0 radical (unpaired) electrons. The van der Waals surface area contributed by atoms with E-state index in [1.54, 1.807) is 0 Å². The van der Waals surface area contributed by atoms with Gasteiger partial charge >= 0.3 is 0 Å². The van der Waals surface area contributed by atoms with E-state index in [4.69, 9.17) is 4.74 Å². The third-order valence-electron chi connectivity index (χ3n) is 4.34. The van der Waals surface area contributed by atoms with Crippen molar-refractivity contribution < 1.29 is 4.74 Å². The molecule has 0 saturated carbocycles. The molecule has 2 atom stereocenters. The molecule has 2 unspecified atom stereocenters. The van der Waals surface area contributed by atoms with Crippen LogP contribution < -0.4 is 10.6 Å². The fraction of sp³-hybridized carbons (Fsp3) is 1.00. The molecule has 0 aromatic carbocycles. The Morgan fingerprint density at radius 2 is 2.06 bits per heavy atom. The van der Waals surface area contributed by atoms with Gasteiger partial charge in [0.05, 0.1) is 6.10 Å². The van der Waals surface area contributed by atoms with Gasteiger partial charge in [0.1, 0.15) is 0 Å². The van der Waals surface area contributed by atoms with Gasteiger partial charge in [-0.25, -0.2) is 0 Å². The standard InChI is InChI=1S/C14H28N2O/c1-2-14-13(6-10-17-14)11-16-9-5-12-3-7-15-8-4-12/h12-16H,2-11H2,1H3. The zero-order valence-electron chi connectivity index (χ0n) is 11.2. The highest BCUT2D eigenvalue weighted by atomic mass is 16.5. The van der Waals surface area contributed by atoms with Crippen LogP contribution in [0.25, 0.3) is 0 Å². The van der Waals surface area contributed by atoms with E-state index in [2.05, 4.69) is 17.6 Å². The first-order valence-electron chi connectivity index (χ1n) is 7.43. The largest absolute Gasteiger partial charge is 0.378 e. The van der Waals surface area contributed by atoms with Gasteiger partial charge in [-0.05, 0) is 63.6 Å². The Kier molecular flexibility index (Phi) is 5.75. The maximum Gasteiger partial charge on any atom is 0.0613 e. The highest BCUT2D eigenvalue weighted by Gasteiger charge is 2.26. The van der Waals surface area contributed by atoms with Crippen molar-refractivity contribution in [2.24, 2.45) is 11.8 Å². The molecule has 2 saturated heterocycles. The highest BCUT2D eigenvalue weighted by molar-refractivity contribution is 4.77. The number of ether oxygens (including phenoxy) is 1. The van der Waals surface area contributed by atoms with Crippen LogP contribution in [0, 0.1) is 11.8 Å². The van der Waals surface area contributed by atoms with Crippen molar-refractivity contribution >= 4 is 0 Å². The van der Waals surface area contributed by atoms with Crippen LogP contribution in [0.1, 0.15) is 39.0 Å². The van der Waals surface area contributed by atoms with E-state index in [0.29, 0.717) is 6.10 Å². The highest BCUT2D eigenvalue weighted by Crippen LogP contribution is 2.22. The predicted octanol–water partition coefficient (Wildman–Crippen LogP) is 1.78. The Hall–Kier alpha value is -0.120. The molecule has 0 aromatic rings. The summed E-state index contributed by atoms with van der Waals surface area (Å²) in [5.41, 5.74) is 0. The van der Waals surface area contributed by atoms with Gasteiger partial charge in [0.25, 0.3) is 0 Å². The first-order valence-corrected chi connectivity index (χ1v) is 7.43. The van der Waals surface area contributed by atoms with Crippen molar-refractivity contribution in [2.45, 2.75) is 45.1 Å². The Morgan fingerprint density at radius 1 is 1.24 bits per heavy atom. The van der Waals surface area contributed by atoms with Crippen LogP contribution in [0.2, 0.25) is 0 Å². The van der Waals surface area contributed by atoms with E-state index in [1.807, 2.05) is 0 Å². The van der Waals surface area contributed by atoms with Gasteiger partial charge in [-0.15, -0.1) is 0 Å². The van der Waals surface area contributed by atoms with Gasteiger partial charge in [0.15, 0.2) is 0 Å². The zero-order chi connectivity index (χ0) is 11.9. The van der Waals surface area contributed by atoms with Gasteiger partial charge < -0.3 is 15.4 Å². The molecule has 0 amide bonds. The van der Waals surface area contributed by atoms with Crippen LogP contribution in [0.15, 0.2) is 0 Å². The number of hydrogen-bond acceptors (Lipinski definition) is 3. The molecular weight excluding hydrogens is 212 g/mol. The molecule has 2 heterocycles. The molecule has 100 valence electrons. The van der Waals surface area contributed by atoms with Crippen LogP contribution in [0.4, 0.5) is 0 Å². The normalized spacial score (nSPS) is 30.9. The lowest BCUT2D eigenvalue weighted by atomic mass is 9.94. The van der Waals surface area contributed by atoms with Crippen molar-refractivity contribution in [3.05, 3.63) is 0 Å². The Labute approximate surface area is 106 Å². The van der Waals surface area contributed by atoms with Crippen molar-refractivity contribution in [1.82, 2.24) is 10.6 Å². The average molecular weight is 240 g/mol. The molecule has 0 aromatic heterocycles. The quantitative estimate of drug-likeness (QED) is 0.694. The molecule has 2 aliphatic heterocycles. The van der Waals surface area contributed by atoms with Crippen LogP contribution in [-0.2, 0) is 4.74 Å². The molecule has 2 aliphatic rings. The lowest BCUT2D eigenvalue weighted by molar-refractivity contribution is 0.0872. The van der Waals surface area contributed by atoms with Crippen molar-refractivity contribution in [3.63, 3.8) is 0 Å². The SMILES string of the molecule is CCC1OCCC1CNCCC1CCNCC1. The summed E-state index contributed by atoms with van der Waals surface area (Å²) in [5.74, 6) is 1.71. The molecule has 0 spiro atoms. The minimum atomic E-state index is 0.515. The molecule has 0 aliphatic carbocycles. The summed E-state index contributed by atoms with van der Waals surface area (Å²) in [4.78, 5) is 0. The van der Waals surface area contributed by atoms with E-state index in [9.17, 15) is 0 Å².